The molecule has 16 heavy (non-hydrogen) atoms. The Bertz CT molecular complexity index is 475. The summed E-state index contributed by atoms with van der Waals surface area (Å²) >= 11 is 1.82. The molecule has 0 aliphatic carbocycles. The van der Waals surface area contributed by atoms with Gasteiger partial charge in [-0.15, -0.1) is 0 Å². The summed E-state index contributed by atoms with van der Waals surface area (Å²) in [6, 6.07) is 10.4. The number of H-pyrrole nitrogens is 2. The highest BCUT2D eigenvalue weighted by Crippen LogP contribution is 2.11. The summed E-state index contributed by atoms with van der Waals surface area (Å²) in [5.74, 6) is 1.92. The SMILES string of the molecule is O=c1[nH]cc(CSCCc2ccccc2)[nH]1. The van der Waals surface area contributed by atoms with Crippen LogP contribution in [0.1, 0.15) is 11.3 Å². The molecular weight excluding hydrogens is 220 g/mol. The Balaban J connectivity index is 1.71. The highest BCUT2D eigenvalue weighted by molar-refractivity contribution is 7.98. The number of aryl methyl sites for hydroxylation is 1. The van der Waals surface area contributed by atoms with Gasteiger partial charge < -0.3 is 9.97 Å². The molecule has 84 valence electrons. The van der Waals surface area contributed by atoms with Crippen LogP contribution in [-0.4, -0.2) is 15.7 Å². The van der Waals surface area contributed by atoms with Crippen molar-refractivity contribution in [2.75, 3.05) is 5.75 Å². The normalized spacial score (nSPS) is 10.5. The number of aromatic amines is 2. The summed E-state index contributed by atoms with van der Waals surface area (Å²) in [5.41, 5.74) is 2.19. The van der Waals surface area contributed by atoms with E-state index in [0.29, 0.717) is 0 Å². The molecule has 0 aliphatic rings. The minimum absolute atomic E-state index is 0.126. The van der Waals surface area contributed by atoms with E-state index in [1.54, 1.807) is 6.20 Å². The number of hydrogen-bond donors (Lipinski definition) is 2. The van der Waals surface area contributed by atoms with Crippen molar-refractivity contribution < 1.29 is 0 Å². The van der Waals surface area contributed by atoms with E-state index in [0.717, 1.165) is 23.6 Å². The van der Waals surface area contributed by atoms with E-state index in [1.807, 2.05) is 17.8 Å². The summed E-state index contributed by atoms with van der Waals surface area (Å²) in [7, 11) is 0. The number of rotatable bonds is 5. The van der Waals surface area contributed by atoms with Crippen molar-refractivity contribution in [1.82, 2.24) is 9.97 Å². The molecule has 0 aliphatic heterocycles. The van der Waals surface area contributed by atoms with E-state index in [2.05, 4.69) is 34.2 Å². The third-order valence-electron chi connectivity index (χ3n) is 2.29. The van der Waals surface area contributed by atoms with Crippen molar-refractivity contribution in [2.45, 2.75) is 12.2 Å². The van der Waals surface area contributed by atoms with Gasteiger partial charge in [-0.2, -0.15) is 11.8 Å². The lowest BCUT2D eigenvalue weighted by molar-refractivity contribution is 1.13. The highest BCUT2D eigenvalue weighted by atomic mass is 32.2. The van der Waals surface area contributed by atoms with Crippen LogP contribution in [0.25, 0.3) is 0 Å². The van der Waals surface area contributed by atoms with Gasteiger partial charge in [0, 0.05) is 17.6 Å². The molecule has 0 fully saturated rings. The summed E-state index contributed by atoms with van der Waals surface area (Å²) in [6.45, 7) is 0. The molecular formula is C12H14N2OS. The molecule has 2 aromatic rings. The lowest BCUT2D eigenvalue weighted by Gasteiger charge is -2.00. The zero-order chi connectivity index (χ0) is 11.2. The lowest BCUT2D eigenvalue weighted by atomic mass is 10.2. The van der Waals surface area contributed by atoms with E-state index >= 15 is 0 Å². The highest BCUT2D eigenvalue weighted by Gasteiger charge is 1.97. The number of aromatic nitrogens is 2. The first kappa shape index (κ1) is 11.1. The van der Waals surface area contributed by atoms with Gasteiger partial charge in [-0.05, 0) is 17.7 Å². The molecule has 0 unspecified atom stereocenters. The third kappa shape index (κ3) is 3.31. The Morgan fingerprint density at radius 1 is 1.19 bits per heavy atom. The van der Waals surface area contributed by atoms with Crippen LogP contribution in [0.4, 0.5) is 0 Å². The molecule has 3 nitrogen and oxygen atoms in total. The third-order valence-corrected chi connectivity index (χ3v) is 3.29. The zero-order valence-electron chi connectivity index (χ0n) is 8.90. The van der Waals surface area contributed by atoms with Crippen LogP contribution >= 0.6 is 11.8 Å². The molecule has 2 N–H and O–H groups in total. The van der Waals surface area contributed by atoms with Crippen molar-refractivity contribution in [2.24, 2.45) is 0 Å². The fourth-order valence-corrected chi connectivity index (χ4v) is 2.37. The number of benzene rings is 1. The quantitative estimate of drug-likeness (QED) is 0.779. The molecule has 0 radical (unpaired) electrons. The smallest absolute Gasteiger partial charge is 0.313 e. The molecule has 0 spiro atoms. The number of hydrogen-bond acceptors (Lipinski definition) is 2. The maximum atomic E-state index is 10.8. The summed E-state index contributed by atoms with van der Waals surface area (Å²) in [6.07, 6.45) is 2.80. The maximum absolute atomic E-state index is 10.8. The lowest BCUT2D eigenvalue weighted by Crippen LogP contribution is -2.00. The van der Waals surface area contributed by atoms with Gasteiger partial charge in [0.05, 0.1) is 0 Å². The van der Waals surface area contributed by atoms with Crippen LogP contribution in [0.5, 0.6) is 0 Å². The van der Waals surface area contributed by atoms with E-state index in [1.165, 1.54) is 5.56 Å². The minimum Gasteiger partial charge on any atom is -0.313 e. The molecule has 0 atom stereocenters. The Morgan fingerprint density at radius 2 is 2.00 bits per heavy atom. The van der Waals surface area contributed by atoms with E-state index in [4.69, 9.17) is 0 Å². The van der Waals surface area contributed by atoms with Gasteiger partial charge in [0.25, 0.3) is 0 Å². The topological polar surface area (TPSA) is 48.6 Å². The Kier molecular flexibility index (Phi) is 3.88. The van der Waals surface area contributed by atoms with Crippen LogP contribution in [0.15, 0.2) is 41.3 Å². The second-order valence-corrected chi connectivity index (χ2v) is 4.66. The standard InChI is InChI=1S/C12H14N2OS/c15-12-13-8-11(14-12)9-16-7-6-10-4-2-1-3-5-10/h1-5,8H,6-7,9H2,(H2,13,14,15). The van der Waals surface area contributed by atoms with Crippen molar-refractivity contribution in [3.63, 3.8) is 0 Å². The van der Waals surface area contributed by atoms with Crippen molar-refractivity contribution in [3.8, 4) is 0 Å². The average Bonchev–Trinajstić information content (AvgIpc) is 2.72. The first-order valence-corrected chi connectivity index (χ1v) is 6.38. The van der Waals surface area contributed by atoms with Crippen LogP contribution in [0.3, 0.4) is 0 Å². The molecule has 1 aromatic carbocycles. The molecule has 1 aromatic heterocycles. The minimum atomic E-state index is -0.126. The Hall–Kier alpha value is -1.42. The predicted molar refractivity (Wildman–Crippen MR) is 67.7 cm³/mol. The van der Waals surface area contributed by atoms with E-state index < -0.39 is 0 Å². The first-order valence-electron chi connectivity index (χ1n) is 5.23. The molecule has 0 saturated carbocycles. The van der Waals surface area contributed by atoms with Crippen LogP contribution in [0.2, 0.25) is 0 Å². The first-order chi connectivity index (χ1) is 7.84. The fourth-order valence-electron chi connectivity index (χ4n) is 1.47. The van der Waals surface area contributed by atoms with Crippen LogP contribution in [-0.2, 0) is 12.2 Å². The summed E-state index contributed by atoms with van der Waals surface area (Å²) in [4.78, 5) is 16.2. The second-order valence-electron chi connectivity index (χ2n) is 3.56. The monoisotopic (exact) mass is 234 g/mol. The van der Waals surface area contributed by atoms with Gasteiger partial charge in [-0.25, -0.2) is 4.79 Å². The van der Waals surface area contributed by atoms with Gasteiger partial charge in [-0.1, -0.05) is 30.3 Å². The van der Waals surface area contributed by atoms with Gasteiger partial charge in [0.2, 0.25) is 0 Å². The molecule has 1 heterocycles. The van der Waals surface area contributed by atoms with Crippen molar-refractivity contribution in [1.29, 1.82) is 0 Å². The molecule has 2 rings (SSSR count). The number of imidazole rings is 1. The van der Waals surface area contributed by atoms with Crippen molar-refractivity contribution >= 4 is 11.8 Å². The van der Waals surface area contributed by atoms with Gasteiger partial charge in [0.1, 0.15) is 0 Å². The molecule has 0 amide bonds. The van der Waals surface area contributed by atoms with Crippen molar-refractivity contribution in [3.05, 3.63) is 58.3 Å². The molecule has 0 bridgehead atoms. The van der Waals surface area contributed by atoms with Crippen LogP contribution in [0, 0.1) is 0 Å². The Labute approximate surface area is 98.3 Å². The summed E-state index contributed by atoms with van der Waals surface area (Å²) < 4.78 is 0. The fraction of sp³-hybridized carbons (Fsp3) is 0.250. The van der Waals surface area contributed by atoms with Gasteiger partial charge in [0.15, 0.2) is 0 Å². The van der Waals surface area contributed by atoms with Gasteiger partial charge in [-0.3, -0.25) is 0 Å². The average molecular weight is 234 g/mol. The number of thioether (sulfide) groups is 1. The predicted octanol–water partition coefficient (Wildman–Crippen LogP) is 2.18. The zero-order valence-corrected chi connectivity index (χ0v) is 9.72. The second kappa shape index (κ2) is 5.61. The Morgan fingerprint density at radius 3 is 2.69 bits per heavy atom. The largest absolute Gasteiger partial charge is 0.323 e. The number of nitrogens with one attached hydrogen (secondary N) is 2. The molecule has 4 heteroatoms. The van der Waals surface area contributed by atoms with Gasteiger partial charge >= 0.3 is 5.69 Å². The van der Waals surface area contributed by atoms with E-state index in [-0.39, 0.29) is 5.69 Å². The van der Waals surface area contributed by atoms with Crippen LogP contribution < -0.4 is 5.69 Å². The van der Waals surface area contributed by atoms with E-state index in [9.17, 15) is 4.79 Å². The maximum Gasteiger partial charge on any atom is 0.323 e. The summed E-state index contributed by atoms with van der Waals surface area (Å²) in [5, 5.41) is 0. The molecule has 0 saturated heterocycles.